The molecule has 4 N–H and O–H groups in total. The van der Waals surface area contributed by atoms with Crippen LogP contribution in [0.1, 0.15) is 20.9 Å². The minimum Gasteiger partial charge on any atom is -0.409 e. The molecule has 6 nitrogen and oxygen atoms in total. The largest absolute Gasteiger partial charge is 0.409 e. The van der Waals surface area contributed by atoms with Crippen LogP contribution in [0.2, 0.25) is 0 Å². The van der Waals surface area contributed by atoms with Crippen LogP contribution in [0.25, 0.3) is 0 Å². The second-order valence-electron chi connectivity index (χ2n) is 4.00. The van der Waals surface area contributed by atoms with Crippen molar-refractivity contribution in [2.45, 2.75) is 6.42 Å². The number of nitrogens with two attached hydrogens (primary N) is 1. The lowest BCUT2D eigenvalue weighted by Gasteiger charge is -2.05. The second-order valence-corrected chi connectivity index (χ2v) is 4.98. The molecule has 2 rings (SSSR count). The number of nitrogens with one attached hydrogen (secondary N) is 1. The Hall–Kier alpha value is -2.41. The van der Waals surface area contributed by atoms with Gasteiger partial charge in [-0.1, -0.05) is 17.3 Å². The quantitative estimate of drug-likeness (QED) is 0.333. The maximum absolute atomic E-state index is 12.0. The van der Waals surface area contributed by atoms with Crippen molar-refractivity contribution >= 4 is 23.1 Å². The van der Waals surface area contributed by atoms with Crippen LogP contribution in [0.15, 0.2) is 41.0 Å². The summed E-state index contributed by atoms with van der Waals surface area (Å²) < 4.78 is 0. The number of nitrogens with zero attached hydrogens (tertiary/aromatic N) is 2. The Labute approximate surface area is 120 Å². The number of benzene rings is 1. The van der Waals surface area contributed by atoms with Crippen molar-refractivity contribution in [1.29, 1.82) is 0 Å². The molecule has 0 radical (unpaired) electrons. The number of aromatic nitrogens is 1. The second kappa shape index (κ2) is 6.67. The molecule has 0 aliphatic carbocycles. The minimum absolute atomic E-state index is 0.0255. The number of amidine groups is 1. The smallest absolute Gasteiger partial charge is 0.251 e. The highest BCUT2D eigenvalue weighted by Crippen LogP contribution is 2.06. The van der Waals surface area contributed by atoms with E-state index in [1.807, 2.05) is 5.38 Å². The number of oxime groups is 1. The standard InChI is InChI=1S/C13H14N4O2S/c14-12(17-19)9-2-1-3-10(8-9)13(18)16-5-4-11-15-6-7-20-11/h1-3,6-8,19H,4-5H2,(H2,14,17)(H,16,18). The van der Waals surface area contributed by atoms with Crippen molar-refractivity contribution in [1.82, 2.24) is 10.3 Å². The summed E-state index contributed by atoms with van der Waals surface area (Å²) in [7, 11) is 0. The normalized spacial score (nSPS) is 11.3. The van der Waals surface area contributed by atoms with E-state index in [1.54, 1.807) is 41.8 Å². The first-order valence-corrected chi connectivity index (χ1v) is 6.83. The molecule has 0 unspecified atom stereocenters. The van der Waals surface area contributed by atoms with Crippen LogP contribution in [0.5, 0.6) is 0 Å². The molecule has 0 saturated carbocycles. The third-order valence-corrected chi connectivity index (χ3v) is 3.48. The monoisotopic (exact) mass is 290 g/mol. The minimum atomic E-state index is -0.200. The first-order valence-electron chi connectivity index (χ1n) is 5.95. The highest BCUT2D eigenvalue weighted by molar-refractivity contribution is 7.09. The summed E-state index contributed by atoms with van der Waals surface area (Å²) in [5.41, 5.74) is 6.46. The van der Waals surface area contributed by atoms with E-state index in [0.717, 1.165) is 5.01 Å². The molecule has 0 spiro atoms. The number of rotatable bonds is 5. The number of hydrogen-bond donors (Lipinski definition) is 3. The fraction of sp³-hybridized carbons (Fsp3) is 0.154. The Morgan fingerprint density at radius 3 is 2.95 bits per heavy atom. The summed E-state index contributed by atoms with van der Waals surface area (Å²) in [4.78, 5) is 16.1. The van der Waals surface area contributed by atoms with E-state index in [-0.39, 0.29) is 11.7 Å². The third kappa shape index (κ3) is 3.55. The van der Waals surface area contributed by atoms with Gasteiger partial charge in [0, 0.05) is 35.7 Å². The van der Waals surface area contributed by atoms with Crippen LogP contribution in [-0.2, 0) is 6.42 Å². The van der Waals surface area contributed by atoms with E-state index in [9.17, 15) is 4.79 Å². The zero-order valence-corrected chi connectivity index (χ0v) is 11.4. The highest BCUT2D eigenvalue weighted by atomic mass is 32.1. The predicted octanol–water partition coefficient (Wildman–Crippen LogP) is 1.21. The average molecular weight is 290 g/mol. The zero-order valence-electron chi connectivity index (χ0n) is 10.6. The molecule has 1 aromatic heterocycles. The molecule has 0 aliphatic rings. The molecule has 7 heteroatoms. The lowest BCUT2D eigenvalue weighted by Crippen LogP contribution is -2.26. The molecular weight excluding hydrogens is 276 g/mol. The van der Waals surface area contributed by atoms with E-state index < -0.39 is 0 Å². The van der Waals surface area contributed by atoms with Crippen LogP contribution in [-0.4, -0.2) is 28.5 Å². The number of amides is 1. The van der Waals surface area contributed by atoms with Gasteiger partial charge in [-0.05, 0) is 12.1 Å². The van der Waals surface area contributed by atoms with Gasteiger partial charge in [0.15, 0.2) is 5.84 Å². The summed E-state index contributed by atoms with van der Waals surface area (Å²) in [6.07, 6.45) is 2.44. The first-order chi connectivity index (χ1) is 9.70. The van der Waals surface area contributed by atoms with Crippen LogP contribution in [0.3, 0.4) is 0 Å². The number of carbonyl (C=O) groups excluding carboxylic acids is 1. The Balaban J connectivity index is 1.95. The predicted molar refractivity (Wildman–Crippen MR) is 77.1 cm³/mol. The van der Waals surface area contributed by atoms with Crippen molar-refractivity contribution < 1.29 is 10.0 Å². The first kappa shape index (κ1) is 14.0. The van der Waals surface area contributed by atoms with Gasteiger partial charge in [0.1, 0.15) is 0 Å². The van der Waals surface area contributed by atoms with Gasteiger partial charge < -0.3 is 16.3 Å². The molecule has 1 amide bonds. The van der Waals surface area contributed by atoms with E-state index in [4.69, 9.17) is 10.9 Å². The topological polar surface area (TPSA) is 101 Å². The molecule has 0 bridgehead atoms. The summed E-state index contributed by atoms with van der Waals surface area (Å²) in [6.45, 7) is 0.514. The van der Waals surface area contributed by atoms with E-state index in [2.05, 4.69) is 15.5 Å². The molecule has 0 atom stereocenters. The van der Waals surface area contributed by atoms with E-state index >= 15 is 0 Å². The Morgan fingerprint density at radius 1 is 1.45 bits per heavy atom. The van der Waals surface area contributed by atoms with Crippen molar-refractivity contribution in [2.24, 2.45) is 10.9 Å². The van der Waals surface area contributed by atoms with Gasteiger partial charge in [-0.2, -0.15) is 0 Å². The average Bonchev–Trinajstić information content (AvgIpc) is 2.99. The Kier molecular flexibility index (Phi) is 4.67. The van der Waals surface area contributed by atoms with Crippen molar-refractivity contribution in [3.05, 3.63) is 52.0 Å². The van der Waals surface area contributed by atoms with Gasteiger partial charge in [0.25, 0.3) is 5.91 Å². The van der Waals surface area contributed by atoms with E-state index in [0.29, 0.717) is 24.1 Å². The fourth-order valence-corrected chi connectivity index (χ4v) is 2.26. The van der Waals surface area contributed by atoms with Crippen molar-refractivity contribution in [3.63, 3.8) is 0 Å². The molecule has 104 valence electrons. The Bertz CT molecular complexity index is 611. The van der Waals surface area contributed by atoms with Crippen LogP contribution < -0.4 is 11.1 Å². The van der Waals surface area contributed by atoms with Gasteiger partial charge in [0.2, 0.25) is 0 Å². The summed E-state index contributed by atoms with van der Waals surface area (Å²) in [5.74, 6) is -0.225. The summed E-state index contributed by atoms with van der Waals surface area (Å²) in [6, 6.07) is 6.60. The van der Waals surface area contributed by atoms with Crippen molar-refractivity contribution in [3.8, 4) is 0 Å². The van der Waals surface area contributed by atoms with Gasteiger partial charge in [-0.15, -0.1) is 11.3 Å². The lowest BCUT2D eigenvalue weighted by atomic mass is 10.1. The molecule has 0 aliphatic heterocycles. The molecule has 0 saturated heterocycles. The highest BCUT2D eigenvalue weighted by Gasteiger charge is 2.07. The SMILES string of the molecule is NC(=NO)c1cccc(C(=O)NCCc2nccs2)c1. The van der Waals surface area contributed by atoms with Gasteiger partial charge in [-0.25, -0.2) is 4.98 Å². The van der Waals surface area contributed by atoms with Gasteiger partial charge in [-0.3, -0.25) is 4.79 Å². The summed E-state index contributed by atoms with van der Waals surface area (Å²) in [5, 5.41) is 17.2. The molecule has 1 aromatic carbocycles. The van der Waals surface area contributed by atoms with E-state index in [1.165, 1.54) is 0 Å². The molecule has 2 aromatic rings. The zero-order chi connectivity index (χ0) is 14.4. The number of hydrogen-bond acceptors (Lipinski definition) is 5. The molecule has 1 heterocycles. The van der Waals surface area contributed by atoms with Crippen LogP contribution >= 0.6 is 11.3 Å². The van der Waals surface area contributed by atoms with Crippen molar-refractivity contribution in [2.75, 3.05) is 6.54 Å². The van der Waals surface area contributed by atoms with Gasteiger partial charge >= 0.3 is 0 Å². The van der Waals surface area contributed by atoms with Gasteiger partial charge in [0.05, 0.1) is 5.01 Å². The number of thiazole rings is 1. The maximum Gasteiger partial charge on any atom is 0.251 e. The summed E-state index contributed by atoms with van der Waals surface area (Å²) >= 11 is 1.56. The van der Waals surface area contributed by atoms with Crippen LogP contribution in [0.4, 0.5) is 0 Å². The fourth-order valence-electron chi connectivity index (χ4n) is 1.64. The Morgan fingerprint density at radius 2 is 2.25 bits per heavy atom. The number of carbonyl (C=O) groups is 1. The maximum atomic E-state index is 12.0. The molecular formula is C13H14N4O2S. The molecule has 0 fully saturated rings. The van der Waals surface area contributed by atoms with Crippen LogP contribution in [0, 0.1) is 0 Å². The lowest BCUT2D eigenvalue weighted by molar-refractivity contribution is 0.0954. The third-order valence-electron chi connectivity index (χ3n) is 2.64. The molecule has 20 heavy (non-hydrogen) atoms.